The fourth-order valence-corrected chi connectivity index (χ4v) is 5.27. The molecular formula is C24H30FN5O5. The first-order chi connectivity index (χ1) is 16.9. The number of urea groups is 1. The molecule has 1 aromatic carbocycles. The number of morpholine rings is 1. The zero-order chi connectivity index (χ0) is 24.6. The molecule has 1 saturated carbocycles. The van der Waals surface area contributed by atoms with Crippen molar-refractivity contribution in [3.63, 3.8) is 0 Å². The number of nitrogens with zero attached hydrogens (tertiary/aromatic N) is 3. The lowest BCUT2D eigenvalue weighted by molar-refractivity contribution is 0.0490. The van der Waals surface area contributed by atoms with E-state index < -0.39 is 23.1 Å². The van der Waals surface area contributed by atoms with Crippen LogP contribution in [0.15, 0.2) is 29.1 Å². The van der Waals surface area contributed by atoms with E-state index in [1.807, 2.05) is 0 Å². The SMILES string of the molecule is O=C(NC12CCC(CC1)Cn1c2nc(C(O)NCc2ccc(F)cc2)c(O)c1=O)N1CCOCC1. The largest absolute Gasteiger partial charge is 0.502 e. The zero-order valence-electron chi connectivity index (χ0n) is 19.4. The summed E-state index contributed by atoms with van der Waals surface area (Å²) < 4.78 is 20.0. The van der Waals surface area contributed by atoms with Crippen LogP contribution in [-0.4, -0.2) is 57.0 Å². The van der Waals surface area contributed by atoms with Gasteiger partial charge in [-0.25, -0.2) is 14.2 Å². The lowest BCUT2D eigenvalue weighted by atomic mass is 9.77. The van der Waals surface area contributed by atoms with Crippen LogP contribution in [0.2, 0.25) is 0 Å². The normalized spacial score (nSPS) is 24.5. The Bertz CT molecular complexity index is 1140. The molecule has 1 atom stereocenters. The average molecular weight is 488 g/mol. The third kappa shape index (κ3) is 4.63. The van der Waals surface area contributed by atoms with Crippen molar-refractivity contribution < 1.29 is 24.1 Å². The molecule has 6 rings (SSSR count). The first kappa shape index (κ1) is 23.7. The van der Waals surface area contributed by atoms with Gasteiger partial charge in [-0.3, -0.25) is 14.7 Å². The summed E-state index contributed by atoms with van der Waals surface area (Å²) in [6.07, 6.45) is 1.42. The summed E-state index contributed by atoms with van der Waals surface area (Å²) in [5, 5.41) is 27.4. The Morgan fingerprint density at radius 3 is 2.60 bits per heavy atom. The second-order valence-electron chi connectivity index (χ2n) is 9.55. The molecule has 10 nitrogen and oxygen atoms in total. The fraction of sp³-hybridized carbons (Fsp3) is 0.542. The summed E-state index contributed by atoms with van der Waals surface area (Å²) in [6.45, 7) is 2.49. The number of carbonyl (C=O) groups excluding carboxylic acids is 1. The molecule has 1 aliphatic carbocycles. The van der Waals surface area contributed by atoms with Crippen LogP contribution >= 0.6 is 0 Å². The number of halogens is 1. The third-order valence-corrected chi connectivity index (χ3v) is 7.32. The third-order valence-electron chi connectivity index (χ3n) is 7.32. The van der Waals surface area contributed by atoms with Crippen LogP contribution < -0.4 is 16.2 Å². The van der Waals surface area contributed by atoms with Crippen LogP contribution in [-0.2, 0) is 23.4 Å². The summed E-state index contributed by atoms with van der Waals surface area (Å²) in [6, 6.07) is 5.53. The van der Waals surface area contributed by atoms with Crippen molar-refractivity contribution in [1.29, 1.82) is 0 Å². The number of fused-ring (bicyclic) bond motifs is 2. The monoisotopic (exact) mass is 487 g/mol. The van der Waals surface area contributed by atoms with Crippen LogP contribution in [0.3, 0.4) is 0 Å². The van der Waals surface area contributed by atoms with Gasteiger partial charge in [0.1, 0.15) is 17.3 Å². The summed E-state index contributed by atoms with van der Waals surface area (Å²) >= 11 is 0. The number of aliphatic hydroxyl groups is 1. The van der Waals surface area contributed by atoms with Gasteiger partial charge in [-0.2, -0.15) is 0 Å². The van der Waals surface area contributed by atoms with Crippen LogP contribution in [0.5, 0.6) is 5.75 Å². The first-order valence-corrected chi connectivity index (χ1v) is 12.0. The van der Waals surface area contributed by atoms with E-state index >= 15 is 0 Å². The van der Waals surface area contributed by atoms with Crippen molar-refractivity contribution >= 4 is 6.03 Å². The minimum absolute atomic E-state index is 0.169. The molecule has 11 heteroatoms. The summed E-state index contributed by atoms with van der Waals surface area (Å²) in [7, 11) is 0. The van der Waals surface area contributed by atoms with E-state index in [0.717, 1.165) is 12.8 Å². The van der Waals surface area contributed by atoms with Crippen LogP contribution in [0.1, 0.15) is 49.0 Å². The van der Waals surface area contributed by atoms with Crippen LogP contribution in [0, 0.1) is 11.7 Å². The van der Waals surface area contributed by atoms with Crippen molar-refractivity contribution in [3.05, 3.63) is 57.5 Å². The Hall–Kier alpha value is -3.02. The summed E-state index contributed by atoms with van der Waals surface area (Å²) in [5.41, 5.74) is -0.981. The first-order valence-electron chi connectivity index (χ1n) is 12.0. The minimum atomic E-state index is -1.44. The van der Waals surface area contributed by atoms with Gasteiger partial charge in [-0.1, -0.05) is 12.1 Å². The van der Waals surface area contributed by atoms with E-state index in [-0.39, 0.29) is 30.0 Å². The molecule has 0 radical (unpaired) electrons. The molecule has 4 aliphatic rings. The number of rotatable bonds is 5. The number of benzene rings is 1. The zero-order valence-corrected chi connectivity index (χ0v) is 19.4. The molecular weight excluding hydrogens is 457 g/mol. The van der Waals surface area contributed by atoms with E-state index in [2.05, 4.69) is 15.6 Å². The van der Waals surface area contributed by atoms with Crippen molar-refractivity contribution in [2.24, 2.45) is 5.92 Å². The highest BCUT2D eigenvalue weighted by Gasteiger charge is 2.46. The van der Waals surface area contributed by atoms with Gasteiger partial charge in [0.2, 0.25) is 5.75 Å². The smallest absolute Gasteiger partial charge is 0.318 e. The number of hydrogen-bond acceptors (Lipinski definition) is 7. The molecule has 35 heavy (non-hydrogen) atoms. The minimum Gasteiger partial charge on any atom is -0.502 e. The van der Waals surface area contributed by atoms with E-state index in [0.29, 0.717) is 57.1 Å². The van der Waals surface area contributed by atoms with E-state index in [1.165, 1.54) is 16.7 Å². The van der Waals surface area contributed by atoms with Gasteiger partial charge in [-0.05, 0) is 49.3 Å². The predicted molar refractivity (Wildman–Crippen MR) is 123 cm³/mol. The molecule has 188 valence electrons. The molecule has 0 spiro atoms. The predicted octanol–water partition coefficient (Wildman–Crippen LogP) is 1.31. The second kappa shape index (κ2) is 9.56. The molecule has 2 aromatic rings. The van der Waals surface area contributed by atoms with Gasteiger partial charge in [0.15, 0.2) is 6.23 Å². The molecule has 1 saturated heterocycles. The Morgan fingerprint density at radius 1 is 1.23 bits per heavy atom. The van der Waals surface area contributed by atoms with Gasteiger partial charge in [0, 0.05) is 26.2 Å². The van der Waals surface area contributed by atoms with Crippen molar-refractivity contribution in [2.45, 2.75) is 50.5 Å². The van der Waals surface area contributed by atoms with Gasteiger partial charge in [0.25, 0.3) is 5.56 Å². The number of ether oxygens (including phenoxy) is 1. The van der Waals surface area contributed by atoms with E-state index in [9.17, 15) is 24.2 Å². The summed E-state index contributed by atoms with van der Waals surface area (Å²) in [4.78, 5) is 32.6. The number of aromatic nitrogens is 2. The maximum absolute atomic E-state index is 13.2. The lowest BCUT2D eigenvalue weighted by Crippen LogP contribution is -2.55. The maximum atomic E-state index is 13.2. The molecule has 3 aliphatic heterocycles. The molecule has 2 bridgehead atoms. The lowest BCUT2D eigenvalue weighted by Gasteiger charge is -2.39. The fourth-order valence-electron chi connectivity index (χ4n) is 5.27. The summed E-state index contributed by atoms with van der Waals surface area (Å²) in [5.74, 6) is -0.383. The maximum Gasteiger partial charge on any atom is 0.318 e. The Kier molecular flexibility index (Phi) is 6.47. The average Bonchev–Trinajstić information content (AvgIpc) is 3.12. The topological polar surface area (TPSA) is 129 Å². The number of amides is 2. The quantitative estimate of drug-likeness (QED) is 0.468. The number of hydrogen-bond donors (Lipinski definition) is 4. The molecule has 1 aromatic heterocycles. The highest BCUT2D eigenvalue weighted by atomic mass is 19.1. The van der Waals surface area contributed by atoms with Gasteiger partial charge < -0.3 is 25.2 Å². The Labute approximate surface area is 201 Å². The molecule has 2 fully saturated rings. The number of nitrogens with one attached hydrogen (secondary N) is 2. The van der Waals surface area contributed by atoms with Gasteiger partial charge in [-0.15, -0.1) is 0 Å². The van der Waals surface area contributed by atoms with E-state index in [1.54, 1.807) is 17.0 Å². The molecule has 2 amide bonds. The van der Waals surface area contributed by atoms with Crippen LogP contribution in [0.25, 0.3) is 0 Å². The van der Waals surface area contributed by atoms with Crippen molar-refractivity contribution in [1.82, 2.24) is 25.1 Å². The standard InChI is InChI=1S/C24H30FN5O5/c25-17-3-1-15(2-4-17)13-26-20(32)18-19(31)21(33)30-14-16-5-7-24(8-6-16,22(30)27-18)28-23(34)29-9-11-35-12-10-29/h1-4,16,20,26,31-32H,5-14H2,(H,28,34). The van der Waals surface area contributed by atoms with Crippen LogP contribution in [0.4, 0.5) is 9.18 Å². The Balaban J connectivity index is 1.46. The van der Waals surface area contributed by atoms with Gasteiger partial charge >= 0.3 is 6.03 Å². The molecule has 1 unspecified atom stereocenters. The number of carbonyl (C=O) groups is 1. The number of aromatic hydroxyl groups is 1. The van der Waals surface area contributed by atoms with Gasteiger partial charge in [0.05, 0.1) is 18.8 Å². The van der Waals surface area contributed by atoms with Crippen molar-refractivity contribution in [3.8, 4) is 5.75 Å². The van der Waals surface area contributed by atoms with Crippen molar-refractivity contribution in [2.75, 3.05) is 26.3 Å². The Morgan fingerprint density at radius 2 is 1.91 bits per heavy atom. The highest BCUT2D eigenvalue weighted by Crippen LogP contribution is 2.43. The molecule has 4 N–H and O–H groups in total. The number of aliphatic hydroxyl groups excluding tert-OH is 1. The highest BCUT2D eigenvalue weighted by molar-refractivity contribution is 5.75. The second-order valence-corrected chi connectivity index (χ2v) is 9.55. The van der Waals surface area contributed by atoms with E-state index in [4.69, 9.17) is 4.74 Å². The molecule has 4 heterocycles.